The van der Waals surface area contributed by atoms with Crippen molar-refractivity contribution < 1.29 is 9.53 Å². The summed E-state index contributed by atoms with van der Waals surface area (Å²) in [6.45, 7) is 4.25. The van der Waals surface area contributed by atoms with Gasteiger partial charge in [0, 0.05) is 30.6 Å². The fraction of sp³-hybridized carbons (Fsp3) is 0.611. The molecule has 3 rings (SSSR count). The highest BCUT2D eigenvalue weighted by molar-refractivity contribution is 6.31. The van der Waals surface area contributed by atoms with Crippen molar-refractivity contribution >= 4 is 29.9 Å². The lowest BCUT2D eigenvalue weighted by Crippen LogP contribution is -2.33. The Kier molecular flexibility index (Phi) is 6.79. The van der Waals surface area contributed by atoms with Crippen molar-refractivity contribution in [1.29, 1.82) is 0 Å². The molecule has 3 atom stereocenters. The lowest BCUT2D eigenvalue weighted by Gasteiger charge is -2.18. The minimum Gasteiger partial charge on any atom is -0.494 e. The third-order valence-corrected chi connectivity index (χ3v) is 5.62. The SMILES string of the molecule is Cc1cc(OCCCC(=O)N2CC3CCC(N)C3C2)ccc1Cl.Cl. The van der Waals surface area contributed by atoms with E-state index in [0.29, 0.717) is 24.9 Å². The lowest BCUT2D eigenvalue weighted by molar-refractivity contribution is -0.130. The first-order valence-corrected chi connectivity index (χ1v) is 8.84. The summed E-state index contributed by atoms with van der Waals surface area (Å²) in [7, 11) is 0. The number of aryl methyl sites for hydroxylation is 1. The molecular weight excluding hydrogens is 347 g/mol. The van der Waals surface area contributed by atoms with E-state index in [2.05, 4.69) is 0 Å². The van der Waals surface area contributed by atoms with Crippen LogP contribution in [0.5, 0.6) is 5.75 Å². The van der Waals surface area contributed by atoms with Crippen LogP contribution in [0.3, 0.4) is 0 Å². The number of halogens is 2. The smallest absolute Gasteiger partial charge is 0.222 e. The molecule has 2 fully saturated rings. The molecule has 3 unspecified atom stereocenters. The van der Waals surface area contributed by atoms with Gasteiger partial charge in [-0.25, -0.2) is 0 Å². The van der Waals surface area contributed by atoms with E-state index in [9.17, 15) is 4.79 Å². The Hall–Kier alpha value is -0.970. The molecule has 0 radical (unpaired) electrons. The summed E-state index contributed by atoms with van der Waals surface area (Å²) in [6, 6.07) is 5.91. The van der Waals surface area contributed by atoms with E-state index in [4.69, 9.17) is 22.1 Å². The number of hydrogen-bond donors (Lipinski definition) is 1. The first kappa shape index (κ1) is 19.4. The highest BCUT2D eigenvalue weighted by Gasteiger charge is 2.42. The Labute approximate surface area is 155 Å². The zero-order valence-corrected chi connectivity index (χ0v) is 15.6. The Morgan fingerprint density at radius 2 is 2.17 bits per heavy atom. The molecule has 1 amide bonds. The van der Waals surface area contributed by atoms with Gasteiger partial charge in [0.25, 0.3) is 0 Å². The molecular formula is C18H26Cl2N2O2. The second-order valence-corrected chi connectivity index (χ2v) is 7.23. The van der Waals surface area contributed by atoms with Crippen molar-refractivity contribution in [2.24, 2.45) is 17.6 Å². The van der Waals surface area contributed by atoms with E-state index in [-0.39, 0.29) is 24.4 Å². The van der Waals surface area contributed by atoms with E-state index in [0.717, 1.165) is 42.3 Å². The molecule has 0 spiro atoms. The zero-order valence-electron chi connectivity index (χ0n) is 14.0. The lowest BCUT2D eigenvalue weighted by atomic mass is 9.98. The standard InChI is InChI=1S/C18H25ClN2O2.ClH/c1-12-9-14(5-6-16(12)19)23-8-2-3-18(22)21-10-13-4-7-17(20)15(13)11-21;/h5-6,9,13,15,17H,2-4,7-8,10-11,20H2,1H3;1H. The van der Waals surface area contributed by atoms with Crippen molar-refractivity contribution in [2.75, 3.05) is 19.7 Å². The molecule has 1 aromatic rings. The van der Waals surface area contributed by atoms with Crippen molar-refractivity contribution in [3.05, 3.63) is 28.8 Å². The topological polar surface area (TPSA) is 55.6 Å². The van der Waals surface area contributed by atoms with Crippen molar-refractivity contribution in [2.45, 2.75) is 38.6 Å². The van der Waals surface area contributed by atoms with Gasteiger partial charge >= 0.3 is 0 Å². The van der Waals surface area contributed by atoms with Gasteiger partial charge in [-0.15, -0.1) is 12.4 Å². The first-order chi connectivity index (χ1) is 11.0. The molecule has 1 saturated carbocycles. The number of likely N-dealkylation sites (tertiary alicyclic amines) is 1. The molecule has 134 valence electrons. The molecule has 24 heavy (non-hydrogen) atoms. The molecule has 4 nitrogen and oxygen atoms in total. The van der Waals surface area contributed by atoms with E-state index in [1.165, 1.54) is 6.42 Å². The van der Waals surface area contributed by atoms with Crippen LogP contribution in [0.15, 0.2) is 18.2 Å². The fourth-order valence-electron chi connectivity index (χ4n) is 3.79. The van der Waals surface area contributed by atoms with Gasteiger partial charge in [-0.3, -0.25) is 4.79 Å². The molecule has 1 aliphatic heterocycles. The maximum Gasteiger partial charge on any atom is 0.222 e. The van der Waals surface area contributed by atoms with Crippen LogP contribution >= 0.6 is 24.0 Å². The monoisotopic (exact) mass is 372 g/mol. The third kappa shape index (κ3) is 4.35. The Bertz CT molecular complexity index is 582. The number of rotatable bonds is 5. The van der Waals surface area contributed by atoms with Gasteiger partial charge in [-0.05, 0) is 61.8 Å². The Balaban J connectivity index is 0.00000208. The van der Waals surface area contributed by atoms with Gasteiger partial charge in [0.05, 0.1) is 6.61 Å². The molecule has 2 N–H and O–H groups in total. The van der Waals surface area contributed by atoms with Crippen LogP contribution in [-0.4, -0.2) is 36.5 Å². The number of hydrogen-bond acceptors (Lipinski definition) is 3. The first-order valence-electron chi connectivity index (χ1n) is 8.47. The van der Waals surface area contributed by atoms with Crippen LogP contribution in [0.4, 0.5) is 0 Å². The number of ether oxygens (including phenoxy) is 1. The predicted octanol–water partition coefficient (Wildman–Crippen LogP) is 3.42. The average Bonchev–Trinajstić information content (AvgIpc) is 3.09. The summed E-state index contributed by atoms with van der Waals surface area (Å²) in [5, 5.41) is 0.741. The third-order valence-electron chi connectivity index (χ3n) is 5.20. The Morgan fingerprint density at radius 1 is 1.38 bits per heavy atom. The van der Waals surface area contributed by atoms with Crippen LogP contribution in [-0.2, 0) is 4.79 Å². The molecule has 1 aliphatic carbocycles. The van der Waals surface area contributed by atoms with Crippen LogP contribution in [0, 0.1) is 18.8 Å². The van der Waals surface area contributed by atoms with Gasteiger partial charge in [0.2, 0.25) is 5.91 Å². The Morgan fingerprint density at radius 3 is 2.88 bits per heavy atom. The molecule has 1 heterocycles. The maximum absolute atomic E-state index is 12.3. The van der Waals surface area contributed by atoms with Gasteiger partial charge < -0.3 is 15.4 Å². The molecule has 2 aliphatic rings. The number of fused-ring (bicyclic) bond motifs is 1. The molecule has 0 aromatic heterocycles. The van der Waals surface area contributed by atoms with Crippen LogP contribution in [0.2, 0.25) is 5.02 Å². The second-order valence-electron chi connectivity index (χ2n) is 6.83. The average molecular weight is 373 g/mol. The van der Waals surface area contributed by atoms with Crippen LogP contribution in [0.1, 0.15) is 31.2 Å². The van der Waals surface area contributed by atoms with Crippen molar-refractivity contribution in [3.8, 4) is 5.75 Å². The number of nitrogens with zero attached hydrogens (tertiary/aromatic N) is 1. The normalized spacial score (nSPS) is 25.3. The van der Waals surface area contributed by atoms with Gasteiger partial charge in [-0.1, -0.05) is 11.6 Å². The fourth-order valence-corrected chi connectivity index (χ4v) is 3.91. The summed E-state index contributed by atoms with van der Waals surface area (Å²) in [5.74, 6) is 2.19. The maximum atomic E-state index is 12.3. The van der Waals surface area contributed by atoms with Crippen molar-refractivity contribution in [1.82, 2.24) is 4.90 Å². The summed E-state index contributed by atoms with van der Waals surface area (Å²) >= 11 is 5.99. The molecule has 6 heteroatoms. The summed E-state index contributed by atoms with van der Waals surface area (Å²) in [5.41, 5.74) is 7.12. The molecule has 1 saturated heterocycles. The summed E-state index contributed by atoms with van der Waals surface area (Å²) in [4.78, 5) is 14.3. The summed E-state index contributed by atoms with van der Waals surface area (Å²) in [6.07, 6.45) is 3.57. The van der Waals surface area contributed by atoms with E-state index in [1.54, 1.807) is 0 Å². The summed E-state index contributed by atoms with van der Waals surface area (Å²) < 4.78 is 5.70. The van der Waals surface area contributed by atoms with Gasteiger partial charge in [-0.2, -0.15) is 0 Å². The quantitative estimate of drug-likeness (QED) is 0.805. The molecule has 1 aromatic carbocycles. The number of amides is 1. The predicted molar refractivity (Wildman–Crippen MR) is 98.9 cm³/mol. The number of nitrogens with two attached hydrogens (primary N) is 1. The van der Waals surface area contributed by atoms with Crippen LogP contribution in [0.25, 0.3) is 0 Å². The second kappa shape index (κ2) is 8.41. The minimum atomic E-state index is 0. The number of carbonyl (C=O) groups is 1. The zero-order chi connectivity index (χ0) is 16.4. The van der Waals surface area contributed by atoms with E-state index >= 15 is 0 Å². The highest BCUT2D eigenvalue weighted by Crippen LogP contribution is 2.37. The molecule has 0 bridgehead atoms. The van der Waals surface area contributed by atoms with Crippen LogP contribution < -0.4 is 10.5 Å². The minimum absolute atomic E-state index is 0. The van der Waals surface area contributed by atoms with Gasteiger partial charge in [0.1, 0.15) is 5.75 Å². The largest absolute Gasteiger partial charge is 0.494 e. The van der Waals surface area contributed by atoms with E-state index in [1.807, 2.05) is 30.0 Å². The van der Waals surface area contributed by atoms with Crippen molar-refractivity contribution in [3.63, 3.8) is 0 Å². The van der Waals surface area contributed by atoms with Gasteiger partial charge in [0.15, 0.2) is 0 Å². The number of carbonyl (C=O) groups excluding carboxylic acids is 1. The highest BCUT2D eigenvalue weighted by atomic mass is 35.5. The number of benzene rings is 1. The van der Waals surface area contributed by atoms with E-state index < -0.39 is 0 Å².